The number of nitrogens with zero attached hydrogens (tertiary/aromatic N) is 1. The largest absolute Gasteiger partial charge is 0.494 e. The second-order valence-corrected chi connectivity index (χ2v) is 16.2. The summed E-state index contributed by atoms with van der Waals surface area (Å²) in [6, 6.07) is 12.5. The Bertz CT molecular complexity index is 1540. The highest BCUT2D eigenvalue weighted by atomic mass is 32.2. The van der Waals surface area contributed by atoms with Crippen molar-refractivity contribution in [2.75, 3.05) is 12.4 Å². The Morgan fingerprint density at radius 2 is 1.91 bits per heavy atom. The summed E-state index contributed by atoms with van der Waals surface area (Å²) in [5.41, 5.74) is 3.93. The highest BCUT2D eigenvalue weighted by Gasteiger charge is 2.56. The van der Waals surface area contributed by atoms with Crippen molar-refractivity contribution in [1.82, 2.24) is 4.98 Å². The van der Waals surface area contributed by atoms with Crippen LogP contribution in [0.4, 0.5) is 0 Å². The number of Topliss-reactive ketones (excluding diaryl/α,β-unsaturated/α-hetero) is 1. The maximum atomic E-state index is 14.2. The second-order valence-electron chi connectivity index (χ2n) is 14.0. The van der Waals surface area contributed by atoms with Crippen LogP contribution in [0.1, 0.15) is 119 Å². The Morgan fingerprint density at radius 3 is 2.71 bits per heavy atom. The third-order valence-electron chi connectivity index (χ3n) is 11.0. The first-order valence-electron chi connectivity index (χ1n) is 17.1. The number of thioether (sulfide) groups is 1. The van der Waals surface area contributed by atoms with Crippen LogP contribution < -0.4 is 4.74 Å². The second kappa shape index (κ2) is 13.9. The number of benzene rings is 2. The molecule has 0 saturated heterocycles. The zero-order valence-corrected chi connectivity index (χ0v) is 28.8. The number of allylic oxidation sites excluding steroid dienone is 2. The standard InChI is InChI=1S/C38H49NO4S2/c1-4-43-29-15-17-33-34(23-29)45-36(39-33)44-24-38(42)20-18-32-30-16-13-26(22-31(30)35(41)27-10-6-5-7-11-27)21-28(40)14-12-25(2)9-8-19-37(32,38)3/h9,13,15-17,22-23,27-28,32,40,42H,4-8,10-12,14,18-21,24H2,1-3H3. The molecule has 4 aliphatic rings. The van der Waals surface area contributed by atoms with Gasteiger partial charge in [0.15, 0.2) is 10.1 Å². The first-order valence-corrected chi connectivity index (χ1v) is 18.9. The van der Waals surface area contributed by atoms with E-state index >= 15 is 0 Å². The summed E-state index contributed by atoms with van der Waals surface area (Å²) >= 11 is 3.32. The number of carbonyl (C=O) groups is 1. The number of fused-ring (bicyclic) bond motifs is 9. The van der Waals surface area contributed by atoms with Gasteiger partial charge in [0.1, 0.15) is 5.75 Å². The van der Waals surface area contributed by atoms with E-state index in [0.29, 0.717) is 31.6 Å². The highest BCUT2D eigenvalue weighted by molar-refractivity contribution is 8.01. The van der Waals surface area contributed by atoms with Gasteiger partial charge in [0.05, 0.1) is 28.5 Å². The lowest BCUT2D eigenvalue weighted by Crippen LogP contribution is -2.46. The molecule has 4 unspecified atom stereocenters. The van der Waals surface area contributed by atoms with Crippen LogP contribution >= 0.6 is 23.1 Å². The molecule has 4 atom stereocenters. The Labute approximate surface area is 276 Å². The number of ketones is 1. The smallest absolute Gasteiger partial charge is 0.166 e. The minimum absolute atomic E-state index is 0.0744. The van der Waals surface area contributed by atoms with E-state index in [0.717, 1.165) is 88.4 Å². The molecule has 5 nitrogen and oxygen atoms in total. The fourth-order valence-corrected chi connectivity index (χ4v) is 10.6. The molecule has 0 radical (unpaired) electrons. The van der Waals surface area contributed by atoms with Crippen LogP contribution in [0.3, 0.4) is 0 Å². The van der Waals surface area contributed by atoms with E-state index in [9.17, 15) is 15.0 Å². The third kappa shape index (κ3) is 6.93. The number of hydrogen-bond donors (Lipinski definition) is 2. The number of carbonyl (C=O) groups excluding carboxylic acids is 1. The van der Waals surface area contributed by atoms with Gasteiger partial charge in [-0.15, -0.1) is 11.3 Å². The predicted octanol–water partition coefficient (Wildman–Crippen LogP) is 9.29. The summed E-state index contributed by atoms with van der Waals surface area (Å²) in [5, 5.41) is 23.5. The minimum atomic E-state index is -0.907. The van der Waals surface area contributed by atoms with Crippen LogP contribution in [0, 0.1) is 11.3 Å². The molecule has 3 aromatic rings. The van der Waals surface area contributed by atoms with Crippen molar-refractivity contribution < 1.29 is 19.7 Å². The Balaban J connectivity index is 1.34. The molecular formula is C38H49NO4S2. The molecule has 7 rings (SSSR count). The summed E-state index contributed by atoms with van der Waals surface area (Å²) in [5.74, 6) is 1.85. The number of hydrogen-bond acceptors (Lipinski definition) is 7. The SMILES string of the molecule is CCOc1ccc2nc(SCC3(O)CCC4c5ccc(cc5C(=O)C5CCCCC5)CC(O)CCC(C)=CCCC43C)sc2c1. The minimum Gasteiger partial charge on any atom is -0.494 e. The van der Waals surface area contributed by atoms with E-state index in [1.807, 2.05) is 19.1 Å². The molecule has 2 bridgehead atoms. The molecule has 45 heavy (non-hydrogen) atoms. The van der Waals surface area contributed by atoms with E-state index in [1.165, 1.54) is 12.0 Å². The van der Waals surface area contributed by atoms with Crippen LogP contribution in [0.15, 0.2) is 52.4 Å². The van der Waals surface area contributed by atoms with Gasteiger partial charge in [-0.3, -0.25) is 4.79 Å². The summed E-state index contributed by atoms with van der Waals surface area (Å²) < 4.78 is 7.77. The van der Waals surface area contributed by atoms with Crippen molar-refractivity contribution in [1.29, 1.82) is 0 Å². The highest BCUT2D eigenvalue weighted by Crippen LogP contribution is 2.60. The van der Waals surface area contributed by atoms with Crippen molar-refractivity contribution in [3.8, 4) is 5.75 Å². The fourth-order valence-electron chi connectivity index (χ4n) is 8.16. The predicted molar refractivity (Wildman–Crippen MR) is 186 cm³/mol. The van der Waals surface area contributed by atoms with E-state index < -0.39 is 17.1 Å². The molecule has 2 aromatic carbocycles. The van der Waals surface area contributed by atoms with Crippen molar-refractivity contribution in [2.45, 2.75) is 120 Å². The third-order valence-corrected chi connectivity index (χ3v) is 13.4. The van der Waals surface area contributed by atoms with Gasteiger partial charge in [-0.05, 0) is 113 Å². The Morgan fingerprint density at radius 1 is 1.09 bits per heavy atom. The van der Waals surface area contributed by atoms with Gasteiger partial charge in [-0.2, -0.15) is 0 Å². The average molecular weight is 648 g/mol. The van der Waals surface area contributed by atoms with Gasteiger partial charge in [-0.1, -0.05) is 61.7 Å². The molecule has 1 aromatic heterocycles. The van der Waals surface area contributed by atoms with Gasteiger partial charge in [0.25, 0.3) is 0 Å². The lowest BCUT2D eigenvalue weighted by molar-refractivity contribution is -0.0422. The van der Waals surface area contributed by atoms with Crippen LogP contribution in [-0.4, -0.2) is 45.0 Å². The molecule has 4 aliphatic carbocycles. The summed E-state index contributed by atoms with van der Waals surface area (Å²) in [6.45, 7) is 7.06. The summed E-state index contributed by atoms with van der Waals surface area (Å²) in [6.07, 6.45) is 12.6. The van der Waals surface area contributed by atoms with Crippen LogP contribution in [-0.2, 0) is 6.42 Å². The first-order chi connectivity index (χ1) is 21.7. The quantitative estimate of drug-likeness (QED) is 0.151. The molecule has 1 heterocycles. The van der Waals surface area contributed by atoms with Crippen molar-refractivity contribution in [3.63, 3.8) is 0 Å². The first kappa shape index (κ1) is 32.7. The normalized spacial score (nSPS) is 28.1. The molecule has 2 fully saturated rings. The maximum Gasteiger partial charge on any atom is 0.166 e. The molecule has 2 N–H and O–H groups in total. The Kier molecular flexibility index (Phi) is 10.1. The molecular weight excluding hydrogens is 599 g/mol. The van der Waals surface area contributed by atoms with E-state index in [2.05, 4.69) is 44.2 Å². The number of aliphatic hydroxyl groups is 2. The van der Waals surface area contributed by atoms with E-state index in [-0.39, 0.29) is 17.6 Å². The van der Waals surface area contributed by atoms with E-state index in [1.54, 1.807) is 23.1 Å². The lowest BCUT2D eigenvalue weighted by Gasteiger charge is -2.44. The molecule has 7 heteroatoms. The number of aliphatic hydroxyl groups excluding tert-OH is 1. The van der Waals surface area contributed by atoms with Crippen LogP contribution in [0.5, 0.6) is 5.75 Å². The van der Waals surface area contributed by atoms with Crippen molar-refractivity contribution in [3.05, 3.63) is 64.7 Å². The number of aromatic nitrogens is 1. The van der Waals surface area contributed by atoms with Crippen LogP contribution in [0.25, 0.3) is 10.2 Å². The topological polar surface area (TPSA) is 79.7 Å². The Hall–Kier alpha value is -2.19. The van der Waals surface area contributed by atoms with Crippen molar-refractivity contribution in [2.24, 2.45) is 11.3 Å². The van der Waals surface area contributed by atoms with Crippen LogP contribution in [0.2, 0.25) is 0 Å². The van der Waals surface area contributed by atoms with E-state index in [4.69, 9.17) is 9.72 Å². The number of thiazole rings is 1. The van der Waals surface area contributed by atoms with Gasteiger partial charge >= 0.3 is 0 Å². The molecule has 2 saturated carbocycles. The van der Waals surface area contributed by atoms with Gasteiger partial charge in [-0.25, -0.2) is 4.98 Å². The number of rotatable bonds is 7. The van der Waals surface area contributed by atoms with Gasteiger partial charge in [0, 0.05) is 22.6 Å². The molecule has 242 valence electrons. The van der Waals surface area contributed by atoms with Gasteiger partial charge < -0.3 is 14.9 Å². The van der Waals surface area contributed by atoms with Crippen molar-refractivity contribution >= 4 is 39.1 Å². The zero-order chi connectivity index (χ0) is 31.6. The number of ether oxygens (including phenoxy) is 1. The molecule has 0 aliphatic heterocycles. The summed E-state index contributed by atoms with van der Waals surface area (Å²) in [4.78, 5) is 19.1. The fraction of sp³-hybridized carbons (Fsp3) is 0.579. The maximum absolute atomic E-state index is 14.2. The van der Waals surface area contributed by atoms with Gasteiger partial charge in [0.2, 0.25) is 0 Å². The average Bonchev–Trinajstić information content (AvgIpc) is 3.56. The lowest BCUT2D eigenvalue weighted by atomic mass is 9.65. The molecule has 0 spiro atoms. The molecule has 0 amide bonds. The monoisotopic (exact) mass is 647 g/mol. The summed E-state index contributed by atoms with van der Waals surface area (Å²) in [7, 11) is 0. The zero-order valence-electron chi connectivity index (χ0n) is 27.1.